The van der Waals surface area contributed by atoms with Gasteiger partial charge in [0.2, 0.25) is 0 Å². The smallest absolute Gasteiger partial charge is 0.261 e. The van der Waals surface area contributed by atoms with Gasteiger partial charge in [-0.3, -0.25) is 14.3 Å². The number of sulfonamides is 1. The fraction of sp³-hybridized carbons (Fsp3) is 0.167. The lowest BCUT2D eigenvalue weighted by Gasteiger charge is -2.13. The number of aryl methyl sites for hydroxylation is 1. The largest absolute Gasteiger partial charge is 0.348 e. The molecule has 172 valence electrons. The Hall–Kier alpha value is -3.72. The summed E-state index contributed by atoms with van der Waals surface area (Å²) in [4.78, 5) is 26.1. The second-order valence-corrected chi connectivity index (χ2v) is 9.35. The van der Waals surface area contributed by atoms with Crippen molar-refractivity contribution < 1.29 is 22.4 Å². The van der Waals surface area contributed by atoms with Gasteiger partial charge in [-0.25, -0.2) is 12.8 Å². The van der Waals surface area contributed by atoms with Crippen molar-refractivity contribution in [1.82, 2.24) is 10.2 Å². The zero-order valence-corrected chi connectivity index (χ0v) is 19.2. The van der Waals surface area contributed by atoms with E-state index in [1.807, 2.05) is 0 Å². The first-order valence-corrected chi connectivity index (χ1v) is 11.5. The van der Waals surface area contributed by atoms with Gasteiger partial charge in [0.05, 0.1) is 4.90 Å². The Morgan fingerprint density at radius 1 is 0.939 bits per heavy atom. The number of nitrogens with one attached hydrogen (secondary N) is 2. The van der Waals surface area contributed by atoms with E-state index in [1.54, 1.807) is 51.4 Å². The summed E-state index contributed by atoms with van der Waals surface area (Å²) in [7, 11) is -0.637. The van der Waals surface area contributed by atoms with Gasteiger partial charge in [-0.2, -0.15) is 0 Å². The lowest BCUT2D eigenvalue weighted by atomic mass is 10.1. The standard InChI is InChI=1S/C24H24FN3O4S/c1-16-4-13-21(33(31,32)27-20-11-9-19(25)10-12-20)14-22(16)23(29)26-15-17-5-7-18(8-6-17)24(30)28(2)3/h4-14,27H,15H2,1-3H3,(H,26,29). The van der Waals surface area contributed by atoms with E-state index in [4.69, 9.17) is 0 Å². The van der Waals surface area contributed by atoms with E-state index in [0.717, 1.165) is 17.7 Å². The number of hydrogen-bond acceptors (Lipinski definition) is 4. The summed E-state index contributed by atoms with van der Waals surface area (Å²) < 4.78 is 40.9. The van der Waals surface area contributed by atoms with E-state index >= 15 is 0 Å². The number of halogens is 1. The first kappa shape index (κ1) is 23.9. The van der Waals surface area contributed by atoms with Crippen molar-refractivity contribution in [2.45, 2.75) is 18.4 Å². The summed E-state index contributed by atoms with van der Waals surface area (Å²) in [5.41, 5.74) is 2.37. The summed E-state index contributed by atoms with van der Waals surface area (Å²) in [6, 6.07) is 16.0. The van der Waals surface area contributed by atoms with Gasteiger partial charge in [-0.05, 0) is 66.6 Å². The number of hydrogen-bond donors (Lipinski definition) is 2. The Bertz CT molecular complexity index is 1270. The molecule has 0 bridgehead atoms. The predicted octanol–water partition coefficient (Wildman–Crippen LogP) is 3.57. The van der Waals surface area contributed by atoms with Crippen LogP contribution in [0.2, 0.25) is 0 Å². The van der Waals surface area contributed by atoms with Crippen LogP contribution < -0.4 is 10.0 Å². The number of carbonyl (C=O) groups is 2. The lowest BCUT2D eigenvalue weighted by molar-refractivity contribution is 0.0827. The summed E-state index contributed by atoms with van der Waals surface area (Å²) in [5, 5.41) is 2.77. The van der Waals surface area contributed by atoms with Crippen molar-refractivity contribution in [2.75, 3.05) is 18.8 Å². The van der Waals surface area contributed by atoms with Gasteiger partial charge in [-0.1, -0.05) is 18.2 Å². The molecular formula is C24H24FN3O4S. The molecule has 3 rings (SSSR count). The van der Waals surface area contributed by atoms with Crippen molar-refractivity contribution in [3.63, 3.8) is 0 Å². The molecule has 0 spiro atoms. The Labute approximate surface area is 192 Å². The van der Waals surface area contributed by atoms with Crippen molar-refractivity contribution in [1.29, 1.82) is 0 Å². The van der Waals surface area contributed by atoms with Crippen LogP contribution in [0, 0.1) is 12.7 Å². The Morgan fingerprint density at radius 2 is 1.58 bits per heavy atom. The number of benzene rings is 3. The van der Waals surface area contributed by atoms with E-state index < -0.39 is 21.7 Å². The highest BCUT2D eigenvalue weighted by molar-refractivity contribution is 7.92. The van der Waals surface area contributed by atoms with E-state index in [0.29, 0.717) is 11.1 Å². The third-order valence-electron chi connectivity index (χ3n) is 4.92. The zero-order valence-electron chi connectivity index (χ0n) is 18.4. The maximum absolute atomic E-state index is 13.1. The fourth-order valence-corrected chi connectivity index (χ4v) is 4.13. The Balaban J connectivity index is 1.72. The highest BCUT2D eigenvalue weighted by atomic mass is 32.2. The molecule has 0 aliphatic heterocycles. The SMILES string of the molecule is Cc1ccc(S(=O)(=O)Nc2ccc(F)cc2)cc1C(=O)NCc1ccc(C(=O)N(C)C)cc1. The monoisotopic (exact) mass is 469 g/mol. The summed E-state index contributed by atoms with van der Waals surface area (Å²) in [5.74, 6) is -1.03. The molecular weight excluding hydrogens is 445 g/mol. The van der Waals surface area contributed by atoms with Crippen LogP contribution in [0.15, 0.2) is 71.6 Å². The first-order valence-electron chi connectivity index (χ1n) is 10.0. The minimum absolute atomic E-state index is 0.0888. The molecule has 33 heavy (non-hydrogen) atoms. The fourth-order valence-electron chi connectivity index (χ4n) is 3.05. The summed E-state index contributed by atoms with van der Waals surface area (Å²) in [6.45, 7) is 1.92. The molecule has 0 aliphatic rings. The van der Waals surface area contributed by atoms with E-state index in [9.17, 15) is 22.4 Å². The van der Waals surface area contributed by atoms with Crippen LogP contribution in [0.4, 0.5) is 10.1 Å². The number of amides is 2. The molecule has 9 heteroatoms. The molecule has 2 N–H and O–H groups in total. The molecule has 0 fully saturated rings. The maximum Gasteiger partial charge on any atom is 0.261 e. The molecule has 0 aliphatic carbocycles. The third-order valence-corrected chi connectivity index (χ3v) is 6.30. The molecule has 0 heterocycles. The van der Waals surface area contributed by atoms with Gasteiger partial charge >= 0.3 is 0 Å². The average Bonchev–Trinajstić information content (AvgIpc) is 2.78. The second kappa shape index (κ2) is 9.83. The van der Waals surface area contributed by atoms with Crippen LogP contribution in [0.1, 0.15) is 31.8 Å². The van der Waals surface area contributed by atoms with Crippen LogP contribution in [-0.2, 0) is 16.6 Å². The van der Waals surface area contributed by atoms with Crippen LogP contribution in [0.5, 0.6) is 0 Å². The molecule has 0 radical (unpaired) electrons. The zero-order chi connectivity index (χ0) is 24.2. The molecule has 0 aromatic heterocycles. The third kappa shape index (κ3) is 5.95. The van der Waals surface area contributed by atoms with E-state index in [1.165, 1.54) is 29.2 Å². The highest BCUT2D eigenvalue weighted by Gasteiger charge is 2.18. The van der Waals surface area contributed by atoms with Crippen molar-refractivity contribution in [3.8, 4) is 0 Å². The van der Waals surface area contributed by atoms with Crippen molar-refractivity contribution in [3.05, 3.63) is 94.8 Å². The van der Waals surface area contributed by atoms with Crippen molar-refractivity contribution >= 4 is 27.5 Å². The van der Waals surface area contributed by atoms with Gasteiger partial charge < -0.3 is 10.2 Å². The van der Waals surface area contributed by atoms with Crippen LogP contribution in [-0.4, -0.2) is 39.2 Å². The maximum atomic E-state index is 13.1. The molecule has 0 saturated carbocycles. The average molecular weight is 470 g/mol. The molecule has 7 nitrogen and oxygen atoms in total. The Morgan fingerprint density at radius 3 is 2.18 bits per heavy atom. The molecule has 2 amide bonds. The number of nitrogens with zero attached hydrogens (tertiary/aromatic N) is 1. The number of rotatable bonds is 7. The molecule has 0 atom stereocenters. The van der Waals surface area contributed by atoms with Crippen LogP contribution in [0.3, 0.4) is 0 Å². The molecule has 0 saturated heterocycles. The van der Waals surface area contributed by atoms with Crippen molar-refractivity contribution in [2.24, 2.45) is 0 Å². The minimum Gasteiger partial charge on any atom is -0.348 e. The molecule has 3 aromatic rings. The highest BCUT2D eigenvalue weighted by Crippen LogP contribution is 2.20. The van der Waals surface area contributed by atoms with Gasteiger partial charge in [0.15, 0.2) is 0 Å². The molecule has 0 unspecified atom stereocenters. The topological polar surface area (TPSA) is 95.6 Å². The Kier molecular flexibility index (Phi) is 7.13. The lowest BCUT2D eigenvalue weighted by Crippen LogP contribution is -2.24. The first-order chi connectivity index (χ1) is 15.6. The van der Waals surface area contributed by atoms with Gasteiger partial charge in [-0.15, -0.1) is 0 Å². The normalized spacial score (nSPS) is 11.0. The predicted molar refractivity (Wildman–Crippen MR) is 124 cm³/mol. The van der Waals surface area contributed by atoms with E-state index in [-0.39, 0.29) is 28.6 Å². The second-order valence-electron chi connectivity index (χ2n) is 7.67. The summed E-state index contributed by atoms with van der Waals surface area (Å²) >= 11 is 0. The quantitative estimate of drug-likeness (QED) is 0.553. The minimum atomic E-state index is -3.97. The van der Waals surface area contributed by atoms with E-state index in [2.05, 4.69) is 10.0 Å². The summed E-state index contributed by atoms with van der Waals surface area (Å²) in [6.07, 6.45) is 0. The van der Waals surface area contributed by atoms with Gasteiger partial charge in [0.1, 0.15) is 5.82 Å². The molecule has 3 aromatic carbocycles. The van der Waals surface area contributed by atoms with Gasteiger partial charge in [0, 0.05) is 37.5 Å². The van der Waals surface area contributed by atoms with Crippen LogP contribution in [0.25, 0.3) is 0 Å². The van der Waals surface area contributed by atoms with Gasteiger partial charge in [0.25, 0.3) is 21.8 Å². The number of anilines is 1. The van der Waals surface area contributed by atoms with Crippen LogP contribution >= 0.6 is 0 Å². The number of carbonyl (C=O) groups excluding carboxylic acids is 2.